The van der Waals surface area contributed by atoms with Crippen LogP contribution >= 0.6 is 0 Å². The highest BCUT2D eigenvalue weighted by Gasteiger charge is 2.33. The average Bonchev–Trinajstić information content (AvgIpc) is 2.93. The summed E-state index contributed by atoms with van der Waals surface area (Å²) in [6.07, 6.45) is 9.16. The van der Waals surface area contributed by atoms with Crippen molar-refractivity contribution in [2.75, 3.05) is 31.2 Å². The first-order chi connectivity index (χ1) is 8.61. The van der Waals surface area contributed by atoms with Crippen molar-refractivity contribution < 1.29 is 13.2 Å². The molecule has 2 saturated heterocycles. The fraction of sp³-hybridized carbons (Fsp3) is 0.846. The Morgan fingerprint density at radius 3 is 2.78 bits per heavy atom. The predicted molar refractivity (Wildman–Crippen MR) is 71.1 cm³/mol. The Hall–Kier alpha value is -0.570. The van der Waals surface area contributed by atoms with Crippen LogP contribution in [0.5, 0.6) is 0 Å². The van der Waals surface area contributed by atoms with E-state index in [-0.39, 0.29) is 17.9 Å². The lowest BCUT2D eigenvalue weighted by Gasteiger charge is -2.29. The zero-order valence-electron chi connectivity index (χ0n) is 10.7. The van der Waals surface area contributed by atoms with Crippen LogP contribution in [-0.2, 0) is 14.6 Å². The van der Waals surface area contributed by atoms with Crippen LogP contribution in [0.25, 0.3) is 0 Å². The molecule has 4 nitrogen and oxygen atoms in total. The number of rotatable bonds is 5. The van der Waals surface area contributed by atoms with Gasteiger partial charge < -0.3 is 4.74 Å². The van der Waals surface area contributed by atoms with Gasteiger partial charge in [0.1, 0.15) is 0 Å². The highest BCUT2D eigenvalue weighted by atomic mass is 32.2. The van der Waals surface area contributed by atoms with Crippen LogP contribution in [0.1, 0.15) is 25.7 Å². The zero-order chi connectivity index (χ0) is 13.0. The van der Waals surface area contributed by atoms with E-state index in [0.29, 0.717) is 12.2 Å². The first-order valence-electron chi connectivity index (χ1n) is 6.60. The van der Waals surface area contributed by atoms with E-state index in [1.807, 2.05) is 0 Å². The number of terminal acetylenes is 1. The third-order valence-corrected chi connectivity index (χ3v) is 5.48. The first-order valence-corrected chi connectivity index (χ1v) is 8.42. The van der Waals surface area contributed by atoms with E-state index in [2.05, 4.69) is 10.8 Å². The topological polar surface area (TPSA) is 46.6 Å². The summed E-state index contributed by atoms with van der Waals surface area (Å²) < 4.78 is 28.7. The van der Waals surface area contributed by atoms with Crippen LogP contribution in [0.4, 0.5) is 0 Å². The van der Waals surface area contributed by atoms with Gasteiger partial charge in [-0.3, -0.25) is 4.90 Å². The molecule has 2 rings (SSSR count). The second-order valence-corrected chi connectivity index (χ2v) is 7.37. The Balaban J connectivity index is 1.94. The molecular weight excluding hydrogens is 250 g/mol. The maximum absolute atomic E-state index is 11.6. The Kier molecular flexibility index (Phi) is 4.66. The highest BCUT2D eigenvalue weighted by Crippen LogP contribution is 2.21. The molecule has 0 bridgehead atoms. The maximum Gasteiger partial charge on any atom is 0.151 e. The molecule has 0 N–H and O–H groups in total. The molecule has 102 valence electrons. The second kappa shape index (κ2) is 6.05. The van der Waals surface area contributed by atoms with E-state index in [9.17, 15) is 8.42 Å². The highest BCUT2D eigenvalue weighted by molar-refractivity contribution is 7.91. The standard InChI is InChI=1S/C13H21NO3S/c1-2-3-7-14(10-13-5-4-8-17-13)12-6-9-18(15,16)11-12/h1,12-13H,3-11H2. The van der Waals surface area contributed by atoms with Gasteiger partial charge in [-0.1, -0.05) is 0 Å². The Morgan fingerprint density at radius 2 is 2.22 bits per heavy atom. The lowest BCUT2D eigenvalue weighted by atomic mass is 10.1. The van der Waals surface area contributed by atoms with Crippen molar-refractivity contribution in [2.24, 2.45) is 0 Å². The molecule has 2 aliphatic rings. The average molecular weight is 271 g/mol. The van der Waals surface area contributed by atoms with E-state index >= 15 is 0 Å². The number of hydrogen-bond donors (Lipinski definition) is 0. The van der Waals surface area contributed by atoms with Crippen molar-refractivity contribution in [1.29, 1.82) is 0 Å². The minimum atomic E-state index is -2.83. The van der Waals surface area contributed by atoms with Gasteiger partial charge in [-0.05, 0) is 19.3 Å². The number of sulfone groups is 1. The third-order valence-electron chi connectivity index (χ3n) is 3.73. The van der Waals surface area contributed by atoms with Crippen molar-refractivity contribution in [1.82, 2.24) is 4.90 Å². The Bertz CT molecular complexity index is 406. The van der Waals surface area contributed by atoms with Gasteiger partial charge in [0.2, 0.25) is 0 Å². The molecule has 0 spiro atoms. The van der Waals surface area contributed by atoms with E-state index < -0.39 is 9.84 Å². The summed E-state index contributed by atoms with van der Waals surface area (Å²) in [6.45, 7) is 2.43. The predicted octanol–water partition coefficient (Wildman–Crippen LogP) is 0.678. The third kappa shape index (κ3) is 3.71. The molecule has 2 heterocycles. The molecule has 0 saturated carbocycles. The van der Waals surface area contributed by atoms with E-state index in [1.54, 1.807) is 0 Å². The van der Waals surface area contributed by atoms with Gasteiger partial charge in [0.25, 0.3) is 0 Å². The maximum atomic E-state index is 11.6. The summed E-state index contributed by atoms with van der Waals surface area (Å²) >= 11 is 0. The summed E-state index contributed by atoms with van der Waals surface area (Å²) in [5.74, 6) is 3.23. The summed E-state index contributed by atoms with van der Waals surface area (Å²) in [6, 6.07) is 0.132. The van der Waals surface area contributed by atoms with Crippen molar-refractivity contribution in [3.05, 3.63) is 0 Å². The normalized spacial score (nSPS) is 30.7. The molecule has 0 aromatic heterocycles. The SMILES string of the molecule is C#CCCN(CC1CCCO1)C1CCS(=O)(=O)C1. The van der Waals surface area contributed by atoms with Crippen LogP contribution in [0.15, 0.2) is 0 Å². The molecule has 5 heteroatoms. The Morgan fingerprint density at radius 1 is 1.39 bits per heavy atom. The Labute approximate surface area is 110 Å². The van der Waals surface area contributed by atoms with Gasteiger partial charge in [0, 0.05) is 32.2 Å². The molecule has 0 aliphatic carbocycles. The van der Waals surface area contributed by atoms with Crippen molar-refractivity contribution in [3.8, 4) is 12.3 Å². The first kappa shape index (κ1) is 13.9. The monoisotopic (exact) mass is 271 g/mol. The molecule has 0 amide bonds. The summed E-state index contributed by atoms with van der Waals surface area (Å²) in [7, 11) is -2.83. The summed E-state index contributed by atoms with van der Waals surface area (Å²) in [4.78, 5) is 2.22. The largest absolute Gasteiger partial charge is 0.377 e. The number of nitrogens with zero attached hydrogens (tertiary/aromatic N) is 1. The molecule has 2 unspecified atom stereocenters. The molecule has 0 aromatic carbocycles. The quantitative estimate of drug-likeness (QED) is 0.690. The molecule has 2 aliphatic heterocycles. The van der Waals surface area contributed by atoms with Crippen LogP contribution in [0, 0.1) is 12.3 Å². The second-order valence-electron chi connectivity index (χ2n) is 5.14. The van der Waals surface area contributed by atoms with E-state index in [0.717, 1.165) is 39.0 Å². The van der Waals surface area contributed by atoms with Gasteiger partial charge >= 0.3 is 0 Å². The van der Waals surface area contributed by atoms with Crippen LogP contribution < -0.4 is 0 Å². The zero-order valence-corrected chi connectivity index (χ0v) is 11.5. The lowest BCUT2D eigenvalue weighted by Crippen LogP contribution is -2.41. The van der Waals surface area contributed by atoms with Gasteiger partial charge in [-0.15, -0.1) is 12.3 Å². The van der Waals surface area contributed by atoms with E-state index in [1.165, 1.54) is 0 Å². The number of hydrogen-bond acceptors (Lipinski definition) is 4. The lowest BCUT2D eigenvalue weighted by molar-refractivity contribution is 0.0617. The molecule has 2 fully saturated rings. The van der Waals surface area contributed by atoms with Crippen molar-refractivity contribution in [3.63, 3.8) is 0 Å². The molecule has 2 atom stereocenters. The molecule has 0 radical (unpaired) electrons. The van der Waals surface area contributed by atoms with Gasteiger partial charge in [-0.2, -0.15) is 0 Å². The van der Waals surface area contributed by atoms with Crippen molar-refractivity contribution in [2.45, 2.75) is 37.8 Å². The fourth-order valence-corrected chi connectivity index (χ4v) is 4.51. The molecule has 18 heavy (non-hydrogen) atoms. The van der Waals surface area contributed by atoms with Crippen LogP contribution in [0.2, 0.25) is 0 Å². The van der Waals surface area contributed by atoms with Gasteiger partial charge in [0.15, 0.2) is 9.84 Å². The minimum Gasteiger partial charge on any atom is -0.377 e. The van der Waals surface area contributed by atoms with E-state index in [4.69, 9.17) is 11.2 Å². The smallest absolute Gasteiger partial charge is 0.151 e. The van der Waals surface area contributed by atoms with Crippen molar-refractivity contribution >= 4 is 9.84 Å². The summed E-state index contributed by atoms with van der Waals surface area (Å²) in [5.41, 5.74) is 0. The fourth-order valence-electron chi connectivity index (χ4n) is 2.74. The summed E-state index contributed by atoms with van der Waals surface area (Å²) in [5, 5.41) is 0. The van der Waals surface area contributed by atoms with Gasteiger partial charge in [0.05, 0.1) is 17.6 Å². The van der Waals surface area contributed by atoms with Crippen LogP contribution in [0.3, 0.4) is 0 Å². The minimum absolute atomic E-state index is 0.132. The number of ether oxygens (including phenoxy) is 1. The molecular formula is C13H21NO3S. The molecule has 0 aromatic rings. The van der Waals surface area contributed by atoms with Crippen LogP contribution in [-0.4, -0.2) is 56.7 Å². The van der Waals surface area contributed by atoms with Gasteiger partial charge in [-0.25, -0.2) is 8.42 Å².